The molecule has 1 saturated carbocycles. The Bertz CT molecular complexity index is 1440. The van der Waals surface area contributed by atoms with Crippen LogP contribution in [-0.2, 0) is 12.0 Å². The zero-order valence-corrected chi connectivity index (χ0v) is 20.9. The molecule has 0 spiro atoms. The maximum Gasteiger partial charge on any atom is 0.292 e. The second kappa shape index (κ2) is 9.39. The van der Waals surface area contributed by atoms with E-state index in [9.17, 15) is 9.18 Å². The summed E-state index contributed by atoms with van der Waals surface area (Å²) in [4.78, 5) is 15.4. The first kappa shape index (κ1) is 23.8. The van der Waals surface area contributed by atoms with Crippen molar-refractivity contribution in [3.05, 3.63) is 76.8 Å². The molecule has 0 atom stereocenters. The first-order valence-corrected chi connectivity index (χ1v) is 12.8. The first-order valence-electron chi connectivity index (χ1n) is 12.4. The number of nitrogens with zero attached hydrogens (tertiary/aromatic N) is 5. The van der Waals surface area contributed by atoms with Crippen LogP contribution >= 0.6 is 11.6 Å². The summed E-state index contributed by atoms with van der Waals surface area (Å²) in [5.41, 5.74) is 8.59. The molecule has 0 radical (unpaired) electrons. The highest BCUT2D eigenvalue weighted by Crippen LogP contribution is 2.41. The molecule has 2 N–H and O–H groups in total. The minimum absolute atomic E-state index is 0.121. The maximum atomic E-state index is 13.4. The van der Waals surface area contributed by atoms with Gasteiger partial charge in [-0.3, -0.25) is 9.36 Å². The number of carbonyl (C=O) groups is 1. The SMILES string of the molecule is NC[C@]1(c2cccc(Cl)c2)CC[C@H](N2CCn3c(nnc3-c3cc(-c4ccc(F)cc4)no3)C2=O)CC1. The smallest absolute Gasteiger partial charge is 0.292 e. The molecule has 4 aromatic rings. The predicted molar refractivity (Wildman–Crippen MR) is 136 cm³/mol. The molecular formula is C27H26ClFN6O2. The number of rotatable bonds is 5. The topological polar surface area (TPSA) is 103 Å². The Morgan fingerprint density at radius 1 is 1.05 bits per heavy atom. The average molecular weight is 521 g/mol. The van der Waals surface area contributed by atoms with Crippen LogP contribution in [0.5, 0.6) is 0 Å². The molecule has 0 saturated heterocycles. The van der Waals surface area contributed by atoms with Gasteiger partial charge in [0.15, 0.2) is 0 Å². The van der Waals surface area contributed by atoms with Gasteiger partial charge in [0, 0.05) is 47.7 Å². The van der Waals surface area contributed by atoms with Crippen molar-refractivity contribution < 1.29 is 13.7 Å². The highest BCUT2D eigenvalue weighted by Gasteiger charge is 2.41. The van der Waals surface area contributed by atoms with Crippen LogP contribution in [0.1, 0.15) is 41.9 Å². The van der Waals surface area contributed by atoms with Crippen molar-refractivity contribution in [2.24, 2.45) is 5.73 Å². The fourth-order valence-corrected chi connectivity index (χ4v) is 5.86. The number of fused-ring (bicyclic) bond motifs is 1. The van der Waals surface area contributed by atoms with Gasteiger partial charge in [-0.15, -0.1) is 10.2 Å². The molecule has 1 aliphatic heterocycles. The molecule has 10 heteroatoms. The van der Waals surface area contributed by atoms with E-state index < -0.39 is 0 Å². The molecule has 8 nitrogen and oxygen atoms in total. The van der Waals surface area contributed by atoms with Crippen molar-refractivity contribution in [2.75, 3.05) is 13.1 Å². The number of hydrogen-bond acceptors (Lipinski definition) is 6. The molecule has 2 aromatic heterocycles. The summed E-state index contributed by atoms with van der Waals surface area (Å²) in [6.07, 6.45) is 3.50. The summed E-state index contributed by atoms with van der Waals surface area (Å²) >= 11 is 6.25. The van der Waals surface area contributed by atoms with E-state index in [2.05, 4.69) is 21.4 Å². The Balaban J connectivity index is 1.18. The van der Waals surface area contributed by atoms with E-state index in [1.807, 2.05) is 23.1 Å². The van der Waals surface area contributed by atoms with Crippen molar-refractivity contribution in [2.45, 2.75) is 43.7 Å². The zero-order valence-electron chi connectivity index (χ0n) is 20.1. The molecule has 3 heterocycles. The maximum absolute atomic E-state index is 13.4. The molecule has 0 bridgehead atoms. The van der Waals surface area contributed by atoms with E-state index >= 15 is 0 Å². The minimum Gasteiger partial charge on any atom is -0.352 e. The summed E-state index contributed by atoms with van der Waals surface area (Å²) in [5.74, 6) is 0.711. The fourth-order valence-electron chi connectivity index (χ4n) is 5.67. The summed E-state index contributed by atoms with van der Waals surface area (Å²) < 4.78 is 20.6. The number of amides is 1. The number of nitrogens with two attached hydrogens (primary N) is 1. The lowest BCUT2D eigenvalue weighted by Gasteiger charge is -2.44. The van der Waals surface area contributed by atoms with Gasteiger partial charge in [0.05, 0.1) is 0 Å². The Morgan fingerprint density at radius 3 is 2.54 bits per heavy atom. The monoisotopic (exact) mass is 520 g/mol. The fraction of sp³-hybridized carbons (Fsp3) is 0.333. The quantitative estimate of drug-likeness (QED) is 0.409. The molecule has 190 valence electrons. The molecule has 6 rings (SSSR count). The van der Waals surface area contributed by atoms with Crippen LogP contribution in [-0.4, -0.2) is 49.9 Å². The summed E-state index contributed by atoms with van der Waals surface area (Å²) in [7, 11) is 0. The van der Waals surface area contributed by atoms with Crippen LogP contribution in [0, 0.1) is 5.82 Å². The second-order valence-corrected chi connectivity index (χ2v) is 10.2. The van der Waals surface area contributed by atoms with Crippen LogP contribution in [0.4, 0.5) is 4.39 Å². The zero-order chi connectivity index (χ0) is 25.6. The van der Waals surface area contributed by atoms with Crippen LogP contribution < -0.4 is 5.73 Å². The predicted octanol–water partition coefficient (Wildman–Crippen LogP) is 4.69. The molecular weight excluding hydrogens is 495 g/mol. The lowest BCUT2D eigenvalue weighted by atomic mass is 9.68. The normalized spacial score (nSPS) is 21.8. The van der Waals surface area contributed by atoms with Crippen LogP contribution in [0.3, 0.4) is 0 Å². The number of aromatic nitrogens is 4. The van der Waals surface area contributed by atoms with Crippen molar-refractivity contribution in [3.8, 4) is 22.8 Å². The third kappa shape index (κ3) is 4.22. The highest BCUT2D eigenvalue weighted by molar-refractivity contribution is 6.30. The van der Waals surface area contributed by atoms with Gasteiger partial charge in [-0.25, -0.2) is 4.39 Å². The lowest BCUT2D eigenvalue weighted by Crippen LogP contribution is -2.50. The second-order valence-electron chi connectivity index (χ2n) is 9.81. The Kier molecular flexibility index (Phi) is 6.04. The Hall–Kier alpha value is -3.56. The number of hydrogen-bond donors (Lipinski definition) is 1. The van der Waals surface area contributed by atoms with Crippen LogP contribution in [0.15, 0.2) is 59.1 Å². The van der Waals surface area contributed by atoms with Crippen molar-refractivity contribution >= 4 is 17.5 Å². The van der Waals surface area contributed by atoms with E-state index in [-0.39, 0.29) is 23.2 Å². The molecule has 37 heavy (non-hydrogen) atoms. The Morgan fingerprint density at radius 2 is 1.81 bits per heavy atom. The molecule has 1 fully saturated rings. The van der Waals surface area contributed by atoms with Crippen molar-refractivity contribution in [1.82, 2.24) is 24.8 Å². The Labute approximate surface area is 218 Å². The van der Waals surface area contributed by atoms with Crippen LogP contribution in [0.2, 0.25) is 5.02 Å². The largest absolute Gasteiger partial charge is 0.352 e. The summed E-state index contributed by atoms with van der Waals surface area (Å²) in [6.45, 7) is 1.67. The molecule has 2 aromatic carbocycles. The standard InChI is InChI=1S/C27H26ClFN6O2/c28-19-3-1-2-18(14-19)27(16-30)10-8-21(9-11-27)34-12-13-35-24(31-32-25(35)26(34)36)23-15-22(33-37-23)17-4-6-20(29)7-5-17/h1-7,14-15,21H,8-13,16,30H2/t21-,27-. The van der Waals surface area contributed by atoms with Gasteiger partial charge in [-0.2, -0.15) is 0 Å². The number of halogens is 2. The van der Waals surface area contributed by atoms with Gasteiger partial charge in [-0.05, 0) is 67.6 Å². The molecule has 1 amide bonds. The van der Waals surface area contributed by atoms with Gasteiger partial charge in [0.2, 0.25) is 17.4 Å². The minimum atomic E-state index is -0.321. The number of carbonyl (C=O) groups excluding carboxylic acids is 1. The van der Waals surface area contributed by atoms with Gasteiger partial charge in [0.25, 0.3) is 5.91 Å². The van der Waals surface area contributed by atoms with Gasteiger partial charge < -0.3 is 15.2 Å². The van der Waals surface area contributed by atoms with Gasteiger partial charge in [-0.1, -0.05) is 28.9 Å². The van der Waals surface area contributed by atoms with Gasteiger partial charge >= 0.3 is 0 Å². The van der Waals surface area contributed by atoms with Crippen molar-refractivity contribution in [1.29, 1.82) is 0 Å². The van der Waals surface area contributed by atoms with E-state index in [0.717, 1.165) is 31.2 Å². The molecule has 2 aliphatic rings. The number of benzene rings is 2. The van der Waals surface area contributed by atoms with E-state index in [4.69, 9.17) is 21.9 Å². The van der Waals surface area contributed by atoms with Crippen LogP contribution in [0.25, 0.3) is 22.8 Å². The summed E-state index contributed by atoms with van der Waals surface area (Å²) in [6, 6.07) is 15.8. The van der Waals surface area contributed by atoms with Crippen molar-refractivity contribution in [3.63, 3.8) is 0 Å². The average Bonchev–Trinajstić information content (AvgIpc) is 3.57. The third-order valence-electron chi connectivity index (χ3n) is 7.82. The lowest BCUT2D eigenvalue weighted by molar-refractivity contribution is 0.0523. The van der Waals surface area contributed by atoms with E-state index in [1.54, 1.807) is 22.8 Å². The van der Waals surface area contributed by atoms with E-state index in [0.29, 0.717) is 47.8 Å². The highest BCUT2D eigenvalue weighted by atomic mass is 35.5. The van der Waals surface area contributed by atoms with E-state index in [1.165, 1.54) is 17.7 Å². The molecule has 0 unspecified atom stereocenters. The molecule has 1 aliphatic carbocycles. The van der Waals surface area contributed by atoms with Gasteiger partial charge in [0.1, 0.15) is 11.5 Å². The first-order chi connectivity index (χ1) is 18.0. The summed E-state index contributed by atoms with van der Waals surface area (Å²) in [5, 5.41) is 13.3. The third-order valence-corrected chi connectivity index (χ3v) is 8.05.